The van der Waals surface area contributed by atoms with E-state index in [0.29, 0.717) is 0 Å². The Morgan fingerprint density at radius 1 is 1.10 bits per heavy atom. The van der Waals surface area contributed by atoms with Crippen molar-refractivity contribution in [2.75, 3.05) is 18.6 Å². The average molecular weight is 468 g/mol. The lowest BCUT2D eigenvalue weighted by Gasteiger charge is -2.28. The van der Waals surface area contributed by atoms with Crippen molar-refractivity contribution in [1.29, 1.82) is 0 Å². The number of halogens is 2. The molecule has 2 rings (SSSR count). The lowest BCUT2D eigenvalue weighted by molar-refractivity contribution is -0.139. The third-order valence-electron chi connectivity index (χ3n) is 3.67. The summed E-state index contributed by atoms with van der Waals surface area (Å²) in [6.07, 6.45) is -0.899. The van der Waals surface area contributed by atoms with Gasteiger partial charge in [-0.25, -0.2) is 9.18 Å². The molecular formula is C21H23BrFNO5. The number of esters is 1. The Hall–Kier alpha value is -2.61. The van der Waals surface area contributed by atoms with Gasteiger partial charge in [0.2, 0.25) is 0 Å². The van der Waals surface area contributed by atoms with Crippen LogP contribution in [0, 0.1) is 5.82 Å². The maximum atomic E-state index is 15.1. The third kappa shape index (κ3) is 6.45. The summed E-state index contributed by atoms with van der Waals surface area (Å²) in [5.41, 5.74) is -0.201. The molecule has 2 aromatic carbocycles. The van der Waals surface area contributed by atoms with E-state index in [1.165, 1.54) is 19.2 Å². The molecule has 0 aliphatic heterocycles. The third-order valence-corrected chi connectivity index (χ3v) is 4.28. The maximum Gasteiger partial charge on any atom is 0.415 e. The molecule has 0 heterocycles. The highest BCUT2D eigenvalue weighted by Crippen LogP contribution is 2.37. The van der Waals surface area contributed by atoms with Crippen LogP contribution >= 0.6 is 15.9 Å². The number of ether oxygens (including phenoxy) is 3. The molecule has 0 atom stereocenters. The number of carbonyl (C=O) groups excluding carboxylic acids is 2. The maximum absolute atomic E-state index is 15.1. The minimum atomic E-state index is -0.899. The van der Waals surface area contributed by atoms with Crippen LogP contribution in [0.3, 0.4) is 0 Å². The number of anilines is 1. The molecule has 6 nitrogen and oxygen atoms in total. The summed E-state index contributed by atoms with van der Waals surface area (Å²) in [6, 6.07) is 12.3. The van der Waals surface area contributed by atoms with Gasteiger partial charge in [0.1, 0.15) is 30.2 Å². The van der Waals surface area contributed by atoms with Crippen LogP contribution in [0.1, 0.15) is 26.3 Å². The first kappa shape index (κ1) is 22.7. The fraction of sp³-hybridized carbons (Fsp3) is 0.333. The van der Waals surface area contributed by atoms with Gasteiger partial charge >= 0.3 is 12.1 Å². The second-order valence-electron chi connectivity index (χ2n) is 7.13. The normalized spacial score (nSPS) is 11.0. The molecule has 0 spiro atoms. The summed E-state index contributed by atoms with van der Waals surface area (Å²) in [4.78, 5) is 25.5. The van der Waals surface area contributed by atoms with Crippen LogP contribution in [-0.4, -0.2) is 31.3 Å². The summed E-state index contributed by atoms with van der Waals surface area (Å²) in [5, 5.41) is 0. The van der Waals surface area contributed by atoms with Crippen molar-refractivity contribution in [3.63, 3.8) is 0 Å². The highest BCUT2D eigenvalue weighted by molar-refractivity contribution is 9.10. The average Bonchev–Trinajstić information content (AvgIpc) is 2.66. The monoisotopic (exact) mass is 467 g/mol. The fourth-order valence-corrected chi connectivity index (χ4v) is 2.69. The highest BCUT2D eigenvalue weighted by Gasteiger charge is 2.31. The van der Waals surface area contributed by atoms with Crippen molar-refractivity contribution < 1.29 is 28.2 Å². The van der Waals surface area contributed by atoms with Gasteiger partial charge < -0.3 is 14.2 Å². The number of nitrogens with zero attached hydrogens (tertiary/aromatic N) is 1. The number of carbonyl (C=O) groups is 2. The summed E-state index contributed by atoms with van der Waals surface area (Å²) >= 11 is 3.11. The zero-order valence-electron chi connectivity index (χ0n) is 16.7. The lowest BCUT2D eigenvalue weighted by Crippen LogP contribution is -2.41. The van der Waals surface area contributed by atoms with Crippen molar-refractivity contribution in [3.8, 4) is 5.75 Å². The summed E-state index contributed by atoms with van der Waals surface area (Å²) in [7, 11) is 1.18. The van der Waals surface area contributed by atoms with Crippen LogP contribution in [0.25, 0.3) is 0 Å². The van der Waals surface area contributed by atoms with Crippen LogP contribution in [0.2, 0.25) is 0 Å². The molecule has 0 N–H and O–H groups in total. The summed E-state index contributed by atoms with van der Waals surface area (Å²) in [5.74, 6) is -1.40. The molecule has 0 unspecified atom stereocenters. The number of hydrogen-bond acceptors (Lipinski definition) is 5. The molecule has 0 saturated heterocycles. The first-order valence-electron chi connectivity index (χ1n) is 8.84. The van der Waals surface area contributed by atoms with Gasteiger partial charge in [-0.3, -0.25) is 9.69 Å². The van der Waals surface area contributed by atoms with Crippen LogP contribution in [-0.2, 0) is 20.9 Å². The molecular weight excluding hydrogens is 445 g/mol. The Balaban J connectivity index is 2.45. The molecule has 1 amide bonds. The molecule has 0 saturated carbocycles. The predicted molar refractivity (Wildman–Crippen MR) is 110 cm³/mol. The first-order chi connectivity index (χ1) is 13.6. The van der Waals surface area contributed by atoms with Crippen molar-refractivity contribution in [2.24, 2.45) is 0 Å². The zero-order valence-corrected chi connectivity index (χ0v) is 18.3. The number of hydrogen-bond donors (Lipinski definition) is 0. The van der Waals surface area contributed by atoms with Gasteiger partial charge in [0.05, 0.1) is 11.6 Å². The molecule has 8 heteroatoms. The van der Waals surface area contributed by atoms with Gasteiger partial charge in [-0.05, 0) is 54.4 Å². The zero-order chi connectivity index (χ0) is 21.6. The van der Waals surface area contributed by atoms with Crippen molar-refractivity contribution in [3.05, 3.63) is 58.3 Å². The minimum absolute atomic E-state index is 0.0873. The molecule has 29 heavy (non-hydrogen) atoms. The van der Waals surface area contributed by atoms with E-state index in [0.717, 1.165) is 10.5 Å². The van der Waals surface area contributed by atoms with E-state index in [-0.39, 0.29) is 22.5 Å². The van der Waals surface area contributed by atoms with Gasteiger partial charge in [0, 0.05) is 0 Å². The van der Waals surface area contributed by atoms with E-state index in [2.05, 4.69) is 20.7 Å². The molecule has 0 bridgehead atoms. The first-order valence-corrected chi connectivity index (χ1v) is 9.63. The van der Waals surface area contributed by atoms with Gasteiger partial charge in [-0.1, -0.05) is 30.3 Å². The Labute approximate surface area is 177 Å². The highest BCUT2D eigenvalue weighted by atomic mass is 79.9. The van der Waals surface area contributed by atoms with Gasteiger partial charge in [-0.2, -0.15) is 0 Å². The van der Waals surface area contributed by atoms with Crippen LogP contribution in [0.15, 0.2) is 46.9 Å². The Kier molecular flexibility index (Phi) is 7.61. The van der Waals surface area contributed by atoms with Crippen LogP contribution < -0.4 is 9.64 Å². The molecule has 0 aliphatic carbocycles. The Morgan fingerprint density at radius 3 is 2.34 bits per heavy atom. The van der Waals surface area contributed by atoms with Crippen molar-refractivity contribution in [2.45, 2.75) is 33.0 Å². The Morgan fingerprint density at radius 2 is 1.76 bits per heavy atom. The number of methoxy groups -OCH3 is 1. The van der Waals surface area contributed by atoms with Gasteiger partial charge in [-0.15, -0.1) is 0 Å². The van der Waals surface area contributed by atoms with Gasteiger partial charge in [0.15, 0.2) is 5.82 Å². The van der Waals surface area contributed by atoms with Crippen molar-refractivity contribution in [1.82, 2.24) is 0 Å². The molecule has 0 fully saturated rings. The molecule has 0 aromatic heterocycles. The number of benzene rings is 2. The molecule has 0 aliphatic rings. The van der Waals surface area contributed by atoms with E-state index >= 15 is 4.39 Å². The molecule has 156 valence electrons. The lowest BCUT2D eigenvalue weighted by atomic mass is 10.2. The van der Waals surface area contributed by atoms with E-state index in [1.54, 1.807) is 20.8 Å². The van der Waals surface area contributed by atoms with Crippen LogP contribution in [0.4, 0.5) is 14.9 Å². The smallest absolute Gasteiger partial charge is 0.415 e. The molecule has 2 aromatic rings. The second kappa shape index (κ2) is 9.73. The predicted octanol–water partition coefficient (Wildman–Crippen LogP) is 5.08. The Bertz CT molecular complexity index is 867. The van der Waals surface area contributed by atoms with E-state index in [4.69, 9.17) is 9.47 Å². The van der Waals surface area contributed by atoms with E-state index < -0.39 is 30.0 Å². The number of rotatable bonds is 6. The topological polar surface area (TPSA) is 65.1 Å². The van der Waals surface area contributed by atoms with Crippen molar-refractivity contribution >= 4 is 33.7 Å². The molecule has 0 radical (unpaired) electrons. The van der Waals surface area contributed by atoms with Gasteiger partial charge in [0.25, 0.3) is 0 Å². The SMILES string of the molecule is COC(=O)CN(C(=O)OC(C)(C)C)c1c(OCc2ccccc2)ccc(Br)c1F. The minimum Gasteiger partial charge on any atom is -0.487 e. The van der Waals surface area contributed by atoms with E-state index in [9.17, 15) is 9.59 Å². The second-order valence-corrected chi connectivity index (χ2v) is 7.98. The van der Waals surface area contributed by atoms with Crippen LogP contribution in [0.5, 0.6) is 5.75 Å². The number of amides is 1. The quantitative estimate of drug-likeness (QED) is 0.554. The standard InChI is InChI=1S/C21H23BrFNO5/c1-21(2,3)29-20(26)24(12-17(25)27-4)19-16(11-10-15(22)18(19)23)28-13-14-8-6-5-7-9-14/h5-11H,12-13H2,1-4H3. The van der Waals surface area contributed by atoms with E-state index in [1.807, 2.05) is 30.3 Å². The fourth-order valence-electron chi connectivity index (χ4n) is 2.37. The summed E-state index contributed by atoms with van der Waals surface area (Å²) in [6.45, 7) is 4.62. The largest absolute Gasteiger partial charge is 0.487 e. The summed E-state index contributed by atoms with van der Waals surface area (Å²) < 4.78 is 31.0.